The van der Waals surface area contributed by atoms with Crippen LogP contribution in [0.2, 0.25) is 0 Å². The van der Waals surface area contributed by atoms with Gasteiger partial charge in [-0.15, -0.1) is 0 Å². The van der Waals surface area contributed by atoms with E-state index in [1.165, 1.54) is 19.2 Å². The first kappa shape index (κ1) is 12.1. The first-order valence-electron chi connectivity index (χ1n) is 4.61. The van der Waals surface area contributed by atoms with E-state index in [1.54, 1.807) is 12.1 Å². The van der Waals surface area contributed by atoms with Gasteiger partial charge in [0.25, 0.3) is 0 Å². The Kier molecular flexibility index (Phi) is 3.97. The fraction of sp³-hybridized carbons (Fsp3) is 0.273. The van der Waals surface area contributed by atoms with Crippen LogP contribution in [0.25, 0.3) is 0 Å². The van der Waals surface area contributed by atoms with Gasteiger partial charge in [-0.2, -0.15) is 5.26 Å². The molecule has 0 radical (unpaired) electrons. The molecule has 84 valence electrons. The Morgan fingerprint density at radius 2 is 2.38 bits per heavy atom. The predicted octanol–water partition coefficient (Wildman–Crippen LogP) is 0.740. The molecule has 0 unspecified atom stereocenters. The zero-order valence-corrected chi connectivity index (χ0v) is 8.74. The van der Waals surface area contributed by atoms with Crippen LogP contribution in [0.4, 0.5) is 4.39 Å². The van der Waals surface area contributed by atoms with Crippen molar-refractivity contribution in [3.8, 4) is 6.07 Å². The van der Waals surface area contributed by atoms with Crippen LogP contribution in [0.3, 0.4) is 0 Å². The maximum atomic E-state index is 13.2. The molecule has 1 aromatic carbocycles. The third kappa shape index (κ3) is 2.55. The molecule has 0 saturated carbocycles. The van der Waals surface area contributed by atoms with Gasteiger partial charge in [-0.1, -0.05) is 12.1 Å². The van der Waals surface area contributed by atoms with Crippen LogP contribution in [0.1, 0.15) is 11.1 Å². The Morgan fingerprint density at radius 1 is 1.69 bits per heavy atom. The average molecular weight is 222 g/mol. The quantitative estimate of drug-likeness (QED) is 0.765. The molecule has 0 heterocycles. The molecule has 0 aliphatic carbocycles. The second-order valence-corrected chi connectivity index (χ2v) is 3.22. The van der Waals surface area contributed by atoms with E-state index in [-0.39, 0.29) is 12.0 Å². The van der Waals surface area contributed by atoms with E-state index < -0.39 is 17.8 Å². The number of carbonyl (C=O) groups excluding carboxylic acids is 1. The summed E-state index contributed by atoms with van der Waals surface area (Å²) in [4.78, 5) is 11.1. The zero-order valence-electron chi connectivity index (χ0n) is 8.74. The first-order valence-corrected chi connectivity index (χ1v) is 4.61. The molecule has 2 N–H and O–H groups in total. The molecule has 0 saturated heterocycles. The van der Waals surface area contributed by atoms with Crippen molar-refractivity contribution in [3.05, 3.63) is 35.1 Å². The number of ether oxygens (including phenoxy) is 1. The molecule has 0 aliphatic heterocycles. The van der Waals surface area contributed by atoms with E-state index in [2.05, 4.69) is 4.74 Å². The summed E-state index contributed by atoms with van der Waals surface area (Å²) in [6.45, 7) is 0. The summed E-state index contributed by atoms with van der Waals surface area (Å²) in [5.74, 6) is -1.20. The van der Waals surface area contributed by atoms with Crippen molar-refractivity contribution in [1.29, 1.82) is 5.26 Å². The monoisotopic (exact) mass is 222 g/mol. The van der Waals surface area contributed by atoms with E-state index in [4.69, 9.17) is 11.0 Å². The number of nitriles is 1. The third-order valence-electron chi connectivity index (χ3n) is 2.16. The van der Waals surface area contributed by atoms with Crippen molar-refractivity contribution in [2.24, 2.45) is 5.73 Å². The van der Waals surface area contributed by atoms with Gasteiger partial charge in [0.05, 0.1) is 12.7 Å². The highest BCUT2D eigenvalue weighted by Gasteiger charge is 2.17. The van der Waals surface area contributed by atoms with Gasteiger partial charge in [0, 0.05) is 0 Å². The molecule has 1 rings (SSSR count). The maximum absolute atomic E-state index is 13.2. The Hall–Kier alpha value is -1.93. The van der Waals surface area contributed by atoms with Gasteiger partial charge in [0.15, 0.2) is 0 Å². The number of methoxy groups -OCH3 is 1. The van der Waals surface area contributed by atoms with Gasteiger partial charge in [0.1, 0.15) is 17.9 Å². The second kappa shape index (κ2) is 5.24. The lowest BCUT2D eigenvalue weighted by Gasteiger charge is -2.10. The smallest absolute Gasteiger partial charge is 0.322 e. The lowest BCUT2D eigenvalue weighted by molar-refractivity contribution is -0.142. The highest BCUT2D eigenvalue weighted by Crippen LogP contribution is 2.14. The summed E-state index contributed by atoms with van der Waals surface area (Å²) in [5.41, 5.74) is 5.85. The van der Waals surface area contributed by atoms with E-state index in [1.807, 2.05) is 0 Å². The molecular weight excluding hydrogens is 211 g/mol. The Labute approximate surface area is 92.4 Å². The molecule has 0 bridgehead atoms. The van der Waals surface area contributed by atoms with E-state index >= 15 is 0 Å². The van der Waals surface area contributed by atoms with E-state index in [0.29, 0.717) is 5.56 Å². The fourth-order valence-electron chi connectivity index (χ4n) is 1.34. The lowest BCUT2D eigenvalue weighted by atomic mass is 10.0. The van der Waals surface area contributed by atoms with E-state index in [0.717, 1.165) is 0 Å². The summed E-state index contributed by atoms with van der Waals surface area (Å²) < 4.78 is 17.7. The van der Waals surface area contributed by atoms with Crippen molar-refractivity contribution in [1.82, 2.24) is 0 Å². The number of rotatable bonds is 3. The van der Waals surface area contributed by atoms with Crippen molar-refractivity contribution in [2.75, 3.05) is 7.11 Å². The SMILES string of the molecule is COC(=O)[C@@H](N)Cc1cccc(F)c1C#N. The summed E-state index contributed by atoms with van der Waals surface area (Å²) >= 11 is 0. The van der Waals surface area contributed by atoms with Gasteiger partial charge in [-0.3, -0.25) is 4.79 Å². The second-order valence-electron chi connectivity index (χ2n) is 3.22. The van der Waals surface area contributed by atoms with Crippen LogP contribution in [-0.2, 0) is 16.0 Å². The molecule has 0 aliphatic rings. The van der Waals surface area contributed by atoms with Crippen LogP contribution < -0.4 is 5.73 Å². The van der Waals surface area contributed by atoms with Crippen LogP contribution in [0, 0.1) is 17.1 Å². The Balaban J connectivity index is 2.94. The van der Waals surface area contributed by atoms with Crippen LogP contribution in [0.5, 0.6) is 0 Å². The van der Waals surface area contributed by atoms with Crippen molar-refractivity contribution >= 4 is 5.97 Å². The number of carbonyl (C=O) groups is 1. The summed E-state index contributed by atoms with van der Waals surface area (Å²) in [7, 11) is 1.22. The van der Waals surface area contributed by atoms with Gasteiger partial charge >= 0.3 is 5.97 Å². The summed E-state index contributed by atoms with van der Waals surface area (Å²) in [5, 5.41) is 8.76. The molecule has 5 heteroatoms. The molecule has 0 spiro atoms. The van der Waals surface area contributed by atoms with Crippen LogP contribution >= 0.6 is 0 Å². The predicted molar refractivity (Wildman–Crippen MR) is 54.8 cm³/mol. The number of hydrogen-bond donors (Lipinski definition) is 1. The molecule has 1 aromatic rings. The summed E-state index contributed by atoms with van der Waals surface area (Å²) in [6, 6.07) is 5.07. The van der Waals surface area contributed by atoms with Gasteiger partial charge in [-0.05, 0) is 18.1 Å². The normalized spacial score (nSPS) is 11.6. The first-order chi connectivity index (χ1) is 7.60. The fourth-order valence-corrected chi connectivity index (χ4v) is 1.34. The maximum Gasteiger partial charge on any atom is 0.322 e. The minimum atomic E-state index is -0.890. The zero-order chi connectivity index (χ0) is 12.1. The number of nitrogens with zero attached hydrogens (tertiary/aromatic N) is 1. The molecule has 0 amide bonds. The van der Waals surface area contributed by atoms with Crippen molar-refractivity contribution < 1.29 is 13.9 Å². The topological polar surface area (TPSA) is 76.1 Å². The Morgan fingerprint density at radius 3 is 2.94 bits per heavy atom. The number of esters is 1. The van der Waals surface area contributed by atoms with E-state index in [9.17, 15) is 9.18 Å². The van der Waals surface area contributed by atoms with Crippen molar-refractivity contribution in [2.45, 2.75) is 12.5 Å². The highest BCUT2D eigenvalue weighted by atomic mass is 19.1. The largest absolute Gasteiger partial charge is 0.468 e. The van der Waals surface area contributed by atoms with Gasteiger partial charge in [-0.25, -0.2) is 4.39 Å². The van der Waals surface area contributed by atoms with Gasteiger partial charge < -0.3 is 10.5 Å². The Bertz CT molecular complexity index is 440. The number of halogens is 1. The number of hydrogen-bond acceptors (Lipinski definition) is 4. The lowest BCUT2D eigenvalue weighted by Crippen LogP contribution is -2.33. The van der Waals surface area contributed by atoms with Crippen molar-refractivity contribution in [3.63, 3.8) is 0 Å². The minimum absolute atomic E-state index is 0.0767. The summed E-state index contributed by atoms with van der Waals surface area (Å²) in [6.07, 6.45) is 0.0767. The van der Waals surface area contributed by atoms with Gasteiger partial charge in [0.2, 0.25) is 0 Å². The minimum Gasteiger partial charge on any atom is -0.468 e. The van der Waals surface area contributed by atoms with Crippen LogP contribution in [-0.4, -0.2) is 19.1 Å². The molecule has 1 atom stereocenters. The highest BCUT2D eigenvalue weighted by molar-refractivity contribution is 5.75. The molecular formula is C11H11FN2O2. The molecule has 0 fully saturated rings. The average Bonchev–Trinajstić information content (AvgIpc) is 2.28. The molecule has 4 nitrogen and oxygen atoms in total. The standard InChI is InChI=1S/C11H11FN2O2/c1-16-11(15)10(14)5-7-3-2-4-9(12)8(7)6-13/h2-4,10H,5,14H2,1H3/t10-/m0/s1. The molecule has 0 aromatic heterocycles. The third-order valence-corrected chi connectivity index (χ3v) is 2.16. The number of nitrogens with two attached hydrogens (primary N) is 1. The van der Waals surface area contributed by atoms with Crippen LogP contribution in [0.15, 0.2) is 18.2 Å². The number of benzene rings is 1. The molecule has 16 heavy (non-hydrogen) atoms.